The summed E-state index contributed by atoms with van der Waals surface area (Å²) < 4.78 is 0. The van der Waals surface area contributed by atoms with Gasteiger partial charge < -0.3 is 15.3 Å². The molecule has 2 N–H and O–H groups in total. The molecular weight excluding hydrogens is 190 g/mol. The number of hydrogen-bond acceptors (Lipinski definition) is 4. The number of aliphatic hydroxyl groups excluding tert-OH is 1. The molecule has 1 unspecified atom stereocenters. The Morgan fingerprint density at radius 3 is 2.93 bits per heavy atom. The van der Waals surface area contributed by atoms with E-state index in [-0.39, 0.29) is 6.61 Å². The van der Waals surface area contributed by atoms with Crippen molar-refractivity contribution in [2.75, 3.05) is 32.1 Å². The largest absolute Gasteiger partial charge is 0.395 e. The van der Waals surface area contributed by atoms with E-state index in [1.807, 2.05) is 31.1 Å². The van der Waals surface area contributed by atoms with E-state index in [0.717, 1.165) is 5.82 Å². The number of pyridine rings is 1. The molecule has 15 heavy (non-hydrogen) atoms. The lowest BCUT2D eigenvalue weighted by atomic mass is 10.1. The number of nitrogens with zero attached hydrogens (tertiary/aromatic N) is 2. The molecule has 0 aliphatic heterocycles. The summed E-state index contributed by atoms with van der Waals surface area (Å²) in [5.41, 5.74) is 1.20. The third-order valence-electron chi connectivity index (χ3n) is 2.53. The highest BCUT2D eigenvalue weighted by Gasteiger charge is 2.06. The zero-order valence-electron chi connectivity index (χ0n) is 9.57. The second-order valence-electron chi connectivity index (χ2n) is 3.60. The van der Waals surface area contributed by atoms with E-state index in [4.69, 9.17) is 5.11 Å². The number of anilines is 1. The van der Waals surface area contributed by atoms with Crippen molar-refractivity contribution in [3.8, 4) is 0 Å². The summed E-state index contributed by atoms with van der Waals surface area (Å²) in [5, 5.41) is 12.0. The summed E-state index contributed by atoms with van der Waals surface area (Å²) in [6.45, 7) is 2.85. The standard InChI is InChI=1S/C11H19N3O/c1-9(12-2)10-4-5-13-11(8-10)14(3)6-7-15/h4-5,8-9,12,15H,6-7H2,1-3H3. The molecule has 0 radical (unpaired) electrons. The summed E-state index contributed by atoms with van der Waals surface area (Å²) in [7, 11) is 3.86. The first-order valence-electron chi connectivity index (χ1n) is 5.14. The molecule has 0 fully saturated rings. The highest BCUT2D eigenvalue weighted by molar-refractivity contribution is 5.40. The Kier molecular flexibility index (Phi) is 4.52. The van der Waals surface area contributed by atoms with E-state index < -0.39 is 0 Å². The fourth-order valence-corrected chi connectivity index (χ4v) is 1.34. The van der Waals surface area contributed by atoms with Gasteiger partial charge in [-0.05, 0) is 31.7 Å². The molecule has 0 bridgehead atoms. The summed E-state index contributed by atoms with van der Waals surface area (Å²) in [6, 6.07) is 4.35. The highest BCUT2D eigenvalue weighted by Crippen LogP contribution is 2.16. The van der Waals surface area contributed by atoms with Gasteiger partial charge in [0.1, 0.15) is 5.82 Å². The number of hydrogen-bond donors (Lipinski definition) is 2. The Morgan fingerprint density at radius 1 is 1.60 bits per heavy atom. The second-order valence-corrected chi connectivity index (χ2v) is 3.60. The number of nitrogens with one attached hydrogen (secondary N) is 1. The molecule has 1 heterocycles. The fourth-order valence-electron chi connectivity index (χ4n) is 1.34. The molecule has 1 atom stereocenters. The Bertz CT molecular complexity index is 304. The monoisotopic (exact) mass is 209 g/mol. The van der Waals surface area contributed by atoms with Crippen LogP contribution in [0, 0.1) is 0 Å². The first-order valence-corrected chi connectivity index (χ1v) is 5.14. The highest BCUT2D eigenvalue weighted by atomic mass is 16.3. The van der Waals surface area contributed by atoms with Crippen molar-refractivity contribution in [1.29, 1.82) is 0 Å². The maximum Gasteiger partial charge on any atom is 0.128 e. The van der Waals surface area contributed by atoms with Crippen LogP contribution in [-0.4, -0.2) is 37.3 Å². The van der Waals surface area contributed by atoms with Crippen molar-refractivity contribution in [2.24, 2.45) is 0 Å². The molecule has 1 rings (SSSR count). The van der Waals surface area contributed by atoms with Crippen LogP contribution >= 0.6 is 0 Å². The van der Waals surface area contributed by atoms with Gasteiger partial charge in [-0.2, -0.15) is 0 Å². The van der Waals surface area contributed by atoms with Gasteiger partial charge in [-0.3, -0.25) is 0 Å². The molecule has 0 aliphatic carbocycles. The third kappa shape index (κ3) is 3.18. The van der Waals surface area contributed by atoms with E-state index in [9.17, 15) is 0 Å². The van der Waals surface area contributed by atoms with Gasteiger partial charge in [0, 0.05) is 25.8 Å². The lowest BCUT2D eigenvalue weighted by molar-refractivity contribution is 0.304. The molecule has 1 aromatic rings. The van der Waals surface area contributed by atoms with Gasteiger partial charge in [0.25, 0.3) is 0 Å². The van der Waals surface area contributed by atoms with Crippen molar-refractivity contribution in [3.05, 3.63) is 23.9 Å². The van der Waals surface area contributed by atoms with Crippen LogP contribution in [0.4, 0.5) is 5.82 Å². The van der Waals surface area contributed by atoms with Crippen LogP contribution in [0.15, 0.2) is 18.3 Å². The lowest BCUT2D eigenvalue weighted by Gasteiger charge is -2.18. The van der Waals surface area contributed by atoms with E-state index in [1.54, 1.807) is 6.20 Å². The van der Waals surface area contributed by atoms with Crippen molar-refractivity contribution < 1.29 is 5.11 Å². The lowest BCUT2D eigenvalue weighted by Crippen LogP contribution is -2.22. The predicted molar refractivity (Wildman–Crippen MR) is 62.1 cm³/mol. The molecule has 0 aromatic carbocycles. The predicted octanol–water partition coefficient (Wildman–Crippen LogP) is 0.790. The maximum absolute atomic E-state index is 8.84. The zero-order valence-corrected chi connectivity index (χ0v) is 9.57. The van der Waals surface area contributed by atoms with Crippen molar-refractivity contribution in [2.45, 2.75) is 13.0 Å². The minimum Gasteiger partial charge on any atom is -0.395 e. The van der Waals surface area contributed by atoms with Gasteiger partial charge in [0.15, 0.2) is 0 Å². The quantitative estimate of drug-likeness (QED) is 0.753. The van der Waals surface area contributed by atoms with Crippen LogP contribution in [0.25, 0.3) is 0 Å². The first kappa shape index (κ1) is 11.9. The van der Waals surface area contributed by atoms with Gasteiger partial charge in [0.05, 0.1) is 6.61 Å². The van der Waals surface area contributed by atoms with Crippen LogP contribution in [0.1, 0.15) is 18.5 Å². The van der Waals surface area contributed by atoms with Crippen molar-refractivity contribution >= 4 is 5.82 Å². The Balaban J connectivity index is 2.82. The molecule has 4 heteroatoms. The van der Waals surface area contributed by atoms with Crippen LogP contribution in [0.5, 0.6) is 0 Å². The summed E-state index contributed by atoms with van der Waals surface area (Å²) >= 11 is 0. The number of rotatable bonds is 5. The van der Waals surface area contributed by atoms with Gasteiger partial charge in [-0.15, -0.1) is 0 Å². The van der Waals surface area contributed by atoms with Gasteiger partial charge in [-0.25, -0.2) is 4.98 Å². The molecule has 0 saturated heterocycles. The second kappa shape index (κ2) is 5.68. The van der Waals surface area contributed by atoms with E-state index in [1.165, 1.54) is 5.56 Å². The average molecular weight is 209 g/mol. The summed E-state index contributed by atoms with van der Waals surface area (Å²) in [4.78, 5) is 6.20. The van der Waals surface area contributed by atoms with E-state index in [2.05, 4.69) is 17.2 Å². The third-order valence-corrected chi connectivity index (χ3v) is 2.53. The Morgan fingerprint density at radius 2 is 2.33 bits per heavy atom. The number of aromatic nitrogens is 1. The maximum atomic E-state index is 8.84. The first-order chi connectivity index (χ1) is 7.19. The van der Waals surface area contributed by atoms with Gasteiger partial charge in [-0.1, -0.05) is 0 Å². The summed E-state index contributed by atoms with van der Waals surface area (Å²) in [6.07, 6.45) is 1.80. The van der Waals surface area contributed by atoms with Gasteiger partial charge in [0.2, 0.25) is 0 Å². The minimum absolute atomic E-state index is 0.143. The average Bonchev–Trinajstić information content (AvgIpc) is 2.28. The zero-order chi connectivity index (χ0) is 11.3. The fraction of sp³-hybridized carbons (Fsp3) is 0.545. The van der Waals surface area contributed by atoms with E-state index in [0.29, 0.717) is 12.6 Å². The molecule has 0 aliphatic rings. The van der Waals surface area contributed by atoms with Crippen LogP contribution in [-0.2, 0) is 0 Å². The molecule has 0 amide bonds. The normalized spacial score (nSPS) is 12.5. The Labute approximate surface area is 90.9 Å². The molecule has 1 aromatic heterocycles. The van der Waals surface area contributed by atoms with Crippen LogP contribution in [0.2, 0.25) is 0 Å². The molecule has 0 spiro atoms. The van der Waals surface area contributed by atoms with Crippen LogP contribution in [0.3, 0.4) is 0 Å². The molecule has 4 nitrogen and oxygen atoms in total. The van der Waals surface area contributed by atoms with Gasteiger partial charge >= 0.3 is 0 Å². The number of aliphatic hydroxyl groups is 1. The van der Waals surface area contributed by atoms with Crippen molar-refractivity contribution in [1.82, 2.24) is 10.3 Å². The molecule has 0 saturated carbocycles. The topological polar surface area (TPSA) is 48.4 Å². The minimum atomic E-state index is 0.143. The smallest absolute Gasteiger partial charge is 0.128 e. The SMILES string of the molecule is CNC(C)c1ccnc(N(C)CCO)c1. The van der Waals surface area contributed by atoms with E-state index >= 15 is 0 Å². The van der Waals surface area contributed by atoms with Crippen molar-refractivity contribution in [3.63, 3.8) is 0 Å². The molecule has 84 valence electrons. The van der Waals surface area contributed by atoms with Crippen LogP contribution < -0.4 is 10.2 Å². The Hall–Kier alpha value is -1.13. The summed E-state index contributed by atoms with van der Waals surface area (Å²) in [5.74, 6) is 0.892. The molecular formula is C11H19N3O. The number of likely N-dealkylation sites (N-methyl/N-ethyl adjacent to an activating group) is 1.